The van der Waals surface area contributed by atoms with Gasteiger partial charge in [0, 0.05) is 12.4 Å². The Kier molecular flexibility index (Phi) is 3.52. The van der Waals surface area contributed by atoms with Gasteiger partial charge in [0.1, 0.15) is 0 Å². The number of nitrogens with one attached hydrogen (secondary N) is 1. The Morgan fingerprint density at radius 1 is 1.50 bits per heavy atom. The van der Waals surface area contributed by atoms with Gasteiger partial charge in [0.05, 0.1) is 0 Å². The molecule has 0 saturated heterocycles. The number of aromatic amines is 1. The first-order valence-corrected chi connectivity index (χ1v) is 1.44. The van der Waals surface area contributed by atoms with Crippen molar-refractivity contribution in [3.63, 3.8) is 0 Å². The van der Waals surface area contributed by atoms with Crippen LogP contribution in [0.1, 0.15) is 0 Å². The third kappa shape index (κ3) is 1.60. The van der Waals surface area contributed by atoms with Crippen molar-refractivity contribution in [2.75, 3.05) is 0 Å². The van der Waals surface area contributed by atoms with Crippen LogP contribution in [-0.4, -0.2) is 39.8 Å². The van der Waals surface area contributed by atoms with Crippen LogP contribution >= 0.6 is 0 Å². The summed E-state index contributed by atoms with van der Waals surface area (Å²) >= 11 is 0. The molecule has 0 radical (unpaired) electrons. The summed E-state index contributed by atoms with van der Waals surface area (Å²) in [6, 6.07) is 1.83. The van der Waals surface area contributed by atoms with Crippen LogP contribution in [0.4, 0.5) is 0 Å². The van der Waals surface area contributed by atoms with E-state index in [9.17, 15) is 0 Å². The second-order valence-corrected chi connectivity index (χ2v) is 0.766. The van der Waals surface area contributed by atoms with Crippen molar-refractivity contribution in [2.24, 2.45) is 0 Å². The summed E-state index contributed by atoms with van der Waals surface area (Å²) in [6.45, 7) is 0. The van der Waals surface area contributed by atoms with E-state index in [4.69, 9.17) is 0 Å². The van der Waals surface area contributed by atoms with E-state index in [0.29, 0.717) is 0 Å². The van der Waals surface area contributed by atoms with Crippen molar-refractivity contribution < 1.29 is 0 Å². The number of nitrogens with zero attached hydrogens (tertiary/aromatic N) is 1. The minimum absolute atomic E-state index is 0. The summed E-state index contributed by atoms with van der Waals surface area (Å²) in [5, 5.41) is 6.21. The topological polar surface area (TPSA) is 28.7 Å². The Bertz CT molecular complexity index is 65.3. The molecule has 0 unspecified atom stereocenters. The molecule has 3 heteroatoms. The number of rotatable bonds is 0. The zero-order valence-corrected chi connectivity index (χ0v) is 2.68. The molecule has 2 nitrogen and oxygen atoms in total. The van der Waals surface area contributed by atoms with Crippen molar-refractivity contribution in [1.29, 1.82) is 0 Å². The van der Waals surface area contributed by atoms with E-state index in [-0.39, 0.29) is 29.6 Å². The van der Waals surface area contributed by atoms with Gasteiger partial charge in [0.2, 0.25) is 0 Å². The smallest absolute Gasteiger partial charge is 0.0487 e. The number of aromatic nitrogens is 2. The normalized spacial score (nSPS) is 6.67. The predicted octanol–water partition coefficient (Wildman–Crippen LogP) is -0.239. The van der Waals surface area contributed by atoms with Gasteiger partial charge < -0.3 is 0 Å². The Morgan fingerprint density at radius 2 is 2.33 bits per heavy atom. The van der Waals surface area contributed by atoms with Crippen LogP contribution in [-0.2, 0) is 0 Å². The molecule has 1 N–H and O–H groups in total. The van der Waals surface area contributed by atoms with Gasteiger partial charge in [-0.2, -0.15) is 5.10 Å². The van der Waals surface area contributed by atoms with Gasteiger partial charge in [0.25, 0.3) is 0 Å². The van der Waals surface area contributed by atoms with Gasteiger partial charge in [-0.15, -0.1) is 0 Å². The fourth-order valence-corrected chi connectivity index (χ4v) is 0.215. The molecule has 0 atom stereocenters. The average Bonchev–Trinajstić information content (AvgIpc) is 1.76. The standard InChI is InChI=1S/C3H4N2.Na.H/c1-2-4-5-3-1;;/h1-3H,(H,4,5);;. The second-order valence-electron chi connectivity index (χ2n) is 0.766. The van der Waals surface area contributed by atoms with Gasteiger partial charge in [-0.1, -0.05) is 0 Å². The molecule has 0 bridgehead atoms. The molecule has 6 heavy (non-hydrogen) atoms. The third-order valence-corrected chi connectivity index (χ3v) is 0.406. The SMILES string of the molecule is [NaH].c1cn[nH]c1. The van der Waals surface area contributed by atoms with Crippen LogP contribution in [0, 0.1) is 0 Å². The minimum Gasteiger partial charge on any atom is -0.286 e. The Morgan fingerprint density at radius 3 is 2.50 bits per heavy atom. The van der Waals surface area contributed by atoms with Crippen LogP contribution in [0.2, 0.25) is 0 Å². The van der Waals surface area contributed by atoms with E-state index >= 15 is 0 Å². The molecule has 0 amide bonds. The summed E-state index contributed by atoms with van der Waals surface area (Å²) in [6.07, 6.45) is 3.46. The molecule has 0 aliphatic heterocycles. The van der Waals surface area contributed by atoms with Gasteiger partial charge >= 0.3 is 29.6 Å². The van der Waals surface area contributed by atoms with Crippen molar-refractivity contribution >= 4 is 29.6 Å². The maximum atomic E-state index is 3.60. The fraction of sp³-hybridized carbons (Fsp3) is 0. The summed E-state index contributed by atoms with van der Waals surface area (Å²) in [5.41, 5.74) is 0. The summed E-state index contributed by atoms with van der Waals surface area (Å²) in [4.78, 5) is 0. The monoisotopic (exact) mass is 92.0 g/mol. The Labute approximate surface area is 58.2 Å². The van der Waals surface area contributed by atoms with E-state index in [1.165, 1.54) is 0 Å². The summed E-state index contributed by atoms with van der Waals surface area (Å²) in [7, 11) is 0. The fourth-order valence-electron chi connectivity index (χ4n) is 0.215. The van der Waals surface area contributed by atoms with Gasteiger partial charge in [-0.05, 0) is 6.07 Å². The molecule has 1 heterocycles. The maximum Gasteiger partial charge on any atom is 0.0487 e. The minimum atomic E-state index is 0. The summed E-state index contributed by atoms with van der Waals surface area (Å²) in [5.74, 6) is 0. The Balaban J connectivity index is 0.000000250. The quantitative estimate of drug-likeness (QED) is 0.439. The van der Waals surface area contributed by atoms with Crippen LogP contribution in [0.25, 0.3) is 0 Å². The zero-order chi connectivity index (χ0) is 3.54. The van der Waals surface area contributed by atoms with Crippen molar-refractivity contribution in [2.45, 2.75) is 0 Å². The van der Waals surface area contributed by atoms with E-state index in [1.54, 1.807) is 12.4 Å². The molecule has 0 aromatic carbocycles. The third-order valence-electron chi connectivity index (χ3n) is 0.406. The van der Waals surface area contributed by atoms with E-state index in [1.807, 2.05) is 6.07 Å². The average molecular weight is 92.1 g/mol. The second kappa shape index (κ2) is 3.40. The van der Waals surface area contributed by atoms with Crippen molar-refractivity contribution in [1.82, 2.24) is 10.2 Å². The van der Waals surface area contributed by atoms with Crippen LogP contribution in [0.15, 0.2) is 18.5 Å². The summed E-state index contributed by atoms with van der Waals surface area (Å²) < 4.78 is 0. The number of H-pyrrole nitrogens is 1. The molecule has 1 rings (SSSR count). The van der Waals surface area contributed by atoms with E-state index < -0.39 is 0 Å². The van der Waals surface area contributed by atoms with Gasteiger partial charge in [-0.25, -0.2) is 0 Å². The molecule has 0 aliphatic carbocycles. The molecule has 0 aliphatic rings. The first-order valence-electron chi connectivity index (χ1n) is 1.44. The molecular formula is C3H5N2Na. The van der Waals surface area contributed by atoms with Crippen molar-refractivity contribution in [3.05, 3.63) is 18.5 Å². The van der Waals surface area contributed by atoms with Gasteiger partial charge in [-0.3, -0.25) is 5.10 Å². The molecule has 0 saturated carbocycles. The van der Waals surface area contributed by atoms with Crippen LogP contribution < -0.4 is 0 Å². The number of hydrogen-bond donors (Lipinski definition) is 1. The molecule has 0 spiro atoms. The molecule has 0 fully saturated rings. The van der Waals surface area contributed by atoms with E-state index in [0.717, 1.165) is 0 Å². The zero-order valence-electron chi connectivity index (χ0n) is 2.68. The number of hydrogen-bond acceptors (Lipinski definition) is 1. The van der Waals surface area contributed by atoms with Crippen LogP contribution in [0.3, 0.4) is 0 Å². The van der Waals surface area contributed by atoms with Crippen molar-refractivity contribution in [3.8, 4) is 0 Å². The molecule has 1 aromatic rings. The first-order chi connectivity index (χ1) is 2.50. The molecule has 28 valence electrons. The van der Waals surface area contributed by atoms with Crippen LogP contribution in [0.5, 0.6) is 0 Å². The first kappa shape index (κ1) is 6.21. The maximum absolute atomic E-state index is 3.60. The molecule has 1 aromatic heterocycles. The predicted molar refractivity (Wildman–Crippen MR) is 25.7 cm³/mol. The van der Waals surface area contributed by atoms with Gasteiger partial charge in [0.15, 0.2) is 0 Å². The molecular weight excluding hydrogens is 87.0 g/mol. The largest absolute Gasteiger partial charge is 0.286 e. The van der Waals surface area contributed by atoms with E-state index in [2.05, 4.69) is 10.2 Å². The Hall–Kier alpha value is 0.210.